The number of hydrogen-bond donors (Lipinski definition) is 2. The molecule has 2 atom stereocenters. The summed E-state index contributed by atoms with van der Waals surface area (Å²) >= 11 is 0. The normalized spacial score (nSPS) is 23.2. The van der Waals surface area contributed by atoms with Crippen molar-refractivity contribution >= 4 is 5.69 Å². The first kappa shape index (κ1) is 15.5. The minimum absolute atomic E-state index is 0.341. The third-order valence-electron chi connectivity index (χ3n) is 5.64. The molecule has 0 saturated carbocycles. The minimum Gasteiger partial charge on any atom is -0.508 e. The molecule has 1 aliphatic carbocycles. The zero-order chi connectivity index (χ0) is 16.4. The molecule has 2 aliphatic rings. The second kappa shape index (κ2) is 6.86. The van der Waals surface area contributed by atoms with Crippen LogP contribution in [0.25, 0.3) is 0 Å². The average Bonchev–Trinajstić information content (AvgIpc) is 3.04. The summed E-state index contributed by atoms with van der Waals surface area (Å²) in [5.74, 6) is 1.07. The number of hydrogen-bond acceptors (Lipinski definition) is 3. The van der Waals surface area contributed by atoms with E-state index in [0.29, 0.717) is 11.8 Å². The lowest BCUT2D eigenvalue weighted by atomic mass is 9.93. The van der Waals surface area contributed by atoms with Gasteiger partial charge in [0.2, 0.25) is 0 Å². The summed E-state index contributed by atoms with van der Waals surface area (Å²) < 4.78 is 0. The number of piperazine rings is 1. The van der Waals surface area contributed by atoms with Gasteiger partial charge >= 0.3 is 0 Å². The minimum atomic E-state index is 0.341. The standard InChI is InChI=1S/C21H26N2O/c24-20-11-9-18(10-12-20)23-14-13-22-15-19(23)8-7-17-6-5-16-3-1-2-4-21(16)17/h1-4,9-12,17,19,22,24H,5-8,13-15H2. The van der Waals surface area contributed by atoms with Gasteiger partial charge in [0.15, 0.2) is 0 Å². The van der Waals surface area contributed by atoms with E-state index in [1.54, 1.807) is 23.3 Å². The maximum Gasteiger partial charge on any atom is 0.115 e. The first-order chi connectivity index (χ1) is 11.8. The second-order valence-electron chi connectivity index (χ2n) is 7.08. The summed E-state index contributed by atoms with van der Waals surface area (Å²) in [6.45, 7) is 3.12. The van der Waals surface area contributed by atoms with Gasteiger partial charge in [-0.1, -0.05) is 24.3 Å². The van der Waals surface area contributed by atoms with Crippen LogP contribution in [-0.4, -0.2) is 30.8 Å². The third-order valence-corrected chi connectivity index (χ3v) is 5.64. The summed E-state index contributed by atoms with van der Waals surface area (Å²) in [4.78, 5) is 2.51. The molecular formula is C21H26N2O. The van der Waals surface area contributed by atoms with Crippen molar-refractivity contribution in [1.82, 2.24) is 5.32 Å². The van der Waals surface area contributed by atoms with Crippen LogP contribution in [0.1, 0.15) is 36.3 Å². The average molecular weight is 322 g/mol. The summed E-state index contributed by atoms with van der Waals surface area (Å²) in [6.07, 6.45) is 5.02. The molecule has 0 radical (unpaired) electrons. The predicted octanol–water partition coefficient (Wildman–Crippen LogP) is 3.68. The SMILES string of the molecule is Oc1ccc(N2CCNCC2CCC2CCc3ccccc32)cc1. The second-order valence-corrected chi connectivity index (χ2v) is 7.08. The Morgan fingerprint density at radius 3 is 2.75 bits per heavy atom. The number of nitrogens with zero attached hydrogens (tertiary/aromatic N) is 1. The van der Waals surface area contributed by atoms with Crippen LogP contribution in [0.4, 0.5) is 5.69 Å². The van der Waals surface area contributed by atoms with Gasteiger partial charge in [-0.15, -0.1) is 0 Å². The van der Waals surface area contributed by atoms with Crippen LogP contribution in [-0.2, 0) is 6.42 Å². The number of aromatic hydroxyl groups is 1. The number of phenolic OH excluding ortho intramolecular Hbond substituents is 1. The van der Waals surface area contributed by atoms with Crippen molar-refractivity contribution in [3.8, 4) is 5.75 Å². The number of phenols is 1. The van der Waals surface area contributed by atoms with E-state index in [4.69, 9.17) is 0 Å². The zero-order valence-electron chi connectivity index (χ0n) is 14.1. The highest BCUT2D eigenvalue weighted by molar-refractivity contribution is 5.50. The Labute approximate surface area is 144 Å². The summed E-state index contributed by atoms with van der Waals surface area (Å²) in [5, 5.41) is 13.1. The molecular weight excluding hydrogens is 296 g/mol. The number of rotatable bonds is 4. The van der Waals surface area contributed by atoms with E-state index in [2.05, 4.69) is 34.5 Å². The van der Waals surface area contributed by atoms with Crippen molar-refractivity contribution in [2.75, 3.05) is 24.5 Å². The highest BCUT2D eigenvalue weighted by Gasteiger charge is 2.26. The van der Waals surface area contributed by atoms with Crippen LogP contribution in [0, 0.1) is 0 Å². The highest BCUT2D eigenvalue weighted by atomic mass is 16.3. The molecule has 1 saturated heterocycles. The van der Waals surface area contributed by atoms with E-state index in [9.17, 15) is 5.11 Å². The number of anilines is 1. The maximum atomic E-state index is 9.53. The van der Waals surface area contributed by atoms with Crippen LogP contribution < -0.4 is 10.2 Å². The molecule has 0 aromatic heterocycles. The van der Waals surface area contributed by atoms with Crippen molar-refractivity contribution in [1.29, 1.82) is 0 Å². The van der Waals surface area contributed by atoms with E-state index in [1.807, 2.05) is 12.1 Å². The molecule has 4 rings (SSSR count). The number of aryl methyl sites for hydroxylation is 1. The lowest BCUT2D eigenvalue weighted by Gasteiger charge is -2.38. The number of fused-ring (bicyclic) bond motifs is 1. The zero-order valence-corrected chi connectivity index (χ0v) is 14.1. The van der Waals surface area contributed by atoms with Crippen LogP contribution in [0.2, 0.25) is 0 Å². The van der Waals surface area contributed by atoms with Gasteiger partial charge in [0.1, 0.15) is 5.75 Å². The van der Waals surface area contributed by atoms with Crippen molar-refractivity contribution in [3.05, 3.63) is 59.7 Å². The predicted molar refractivity (Wildman–Crippen MR) is 98.8 cm³/mol. The van der Waals surface area contributed by atoms with Gasteiger partial charge in [-0.25, -0.2) is 0 Å². The van der Waals surface area contributed by atoms with Gasteiger partial charge in [-0.2, -0.15) is 0 Å². The molecule has 2 aromatic rings. The van der Waals surface area contributed by atoms with E-state index in [-0.39, 0.29) is 0 Å². The Kier molecular flexibility index (Phi) is 4.44. The molecule has 126 valence electrons. The Morgan fingerprint density at radius 1 is 1.04 bits per heavy atom. The Hall–Kier alpha value is -2.00. The molecule has 2 unspecified atom stereocenters. The van der Waals surface area contributed by atoms with Crippen molar-refractivity contribution in [3.63, 3.8) is 0 Å². The molecule has 0 bridgehead atoms. The quantitative estimate of drug-likeness (QED) is 0.901. The van der Waals surface area contributed by atoms with Crippen LogP contribution >= 0.6 is 0 Å². The van der Waals surface area contributed by atoms with Crippen LogP contribution in [0.3, 0.4) is 0 Å². The van der Waals surface area contributed by atoms with Gasteiger partial charge in [0.25, 0.3) is 0 Å². The van der Waals surface area contributed by atoms with E-state index in [0.717, 1.165) is 25.6 Å². The lowest BCUT2D eigenvalue weighted by Crippen LogP contribution is -2.51. The third kappa shape index (κ3) is 3.13. The number of nitrogens with one attached hydrogen (secondary N) is 1. The maximum absolute atomic E-state index is 9.53. The Balaban J connectivity index is 1.44. The van der Waals surface area contributed by atoms with Gasteiger partial charge in [-0.05, 0) is 67.0 Å². The smallest absolute Gasteiger partial charge is 0.115 e. The molecule has 24 heavy (non-hydrogen) atoms. The molecule has 0 spiro atoms. The summed E-state index contributed by atoms with van der Waals surface area (Å²) in [5.41, 5.74) is 4.36. The molecule has 1 heterocycles. The molecule has 1 aliphatic heterocycles. The van der Waals surface area contributed by atoms with E-state index in [1.165, 1.54) is 31.4 Å². The fourth-order valence-corrected chi connectivity index (χ4v) is 4.34. The number of benzene rings is 2. The Bertz CT molecular complexity index is 682. The summed E-state index contributed by atoms with van der Waals surface area (Å²) in [6, 6.07) is 17.2. The monoisotopic (exact) mass is 322 g/mol. The highest BCUT2D eigenvalue weighted by Crippen LogP contribution is 2.37. The first-order valence-corrected chi connectivity index (χ1v) is 9.15. The van der Waals surface area contributed by atoms with Crippen molar-refractivity contribution in [2.24, 2.45) is 0 Å². The van der Waals surface area contributed by atoms with E-state index < -0.39 is 0 Å². The molecule has 2 aromatic carbocycles. The first-order valence-electron chi connectivity index (χ1n) is 9.15. The molecule has 0 amide bonds. The van der Waals surface area contributed by atoms with Crippen LogP contribution in [0.15, 0.2) is 48.5 Å². The van der Waals surface area contributed by atoms with E-state index >= 15 is 0 Å². The van der Waals surface area contributed by atoms with Crippen molar-refractivity contribution in [2.45, 2.75) is 37.6 Å². The van der Waals surface area contributed by atoms with Crippen LogP contribution in [0.5, 0.6) is 5.75 Å². The van der Waals surface area contributed by atoms with Gasteiger partial charge in [0.05, 0.1) is 0 Å². The largest absolute Gasteiger partial charge is 0.508 e. The van der Waals surface area contributed by atoms with Gasteiger partial charge in [-0.3, -0.25) is 0 Å². The molecule has 1 fully saturated rings. The fourth-order valence-electron chi connectivity index (χ4n) is 4.34. The summed E-state index contributed by atoms with van der Waals surface area (Å²) in [7, 11) is 0. The Morgan fingerprint density at radius 2 is 1.88 bits per heavy atom. The lowest BCUT2D eigenvalue weighted by molar-refractivity contribution is 0.426. The topological polar surface area (TPSA) is 35.5 Å². The molecule has 3 nitrogen and oxygen atoms in total. The molecule has 2 N–H and O–H groups in total. The fraction of sp³-hybridized carbons (Fsp3) is 0.429. The van der Waals surface area contributed by atoms with Gasteiger partial charge in [0, 0.05) is 31.4 Å². The van der Waals surface area contributed by atoms with Crippen molar-refractivity contribution < 1.29 is 5.11 Å². The van der Waals surface area contributed by atoms with Gasteiger partial charge < -0.3 is 15.3 Å². The molecule has 3 heteroatoms.